The summed E-state index contributed by atoms with van der Waals surface area (Å²) in [5.74, 6) is 13.0. The molecule has 0 amide bonds. The van der Waals surface area contributed by atoms with E-state index < -0.39 is 0 Å². The fraction of sp³-hybridized carbons (Fsp3) is 0. The maximum absolute atomic E-state index is 3.95. The third-order valence-corrected chi connectivity index (χ3v) is 3.92. The second-order valence-electron chi connectivity index (χ2n) is 5.63. The van der Waals surface area contributed by atoms with Gasteiger partial charge in [-0.15, -0.1) is 0 Å². The third kappa shape index (κ3) is 4.02. The van der Waals surface area contributed by atoms with Crippen molar-refractivity contribution in [2.24, 2.45) is 0 Å². The molecule has 0 unspecified atom stereocenters. The highest BCUT2D eigenvalue weighted by molar-refractivity contribution is 5.73. The second kappa shape index (κ2) is 8.39. The molecule has 0 heterocycles. The van der Waals surface area contributed by atoms with Crippen molar-refractivity contribution >= 4 is 12.2 Å². The Morgan fingerprint density at radius 2 is 1.15 bits per heavy atom. The molecule has 3 aromatic rings. The molecule has 0 spiro atoms. The standard InChI is InChI=1S/C26H18/c1-3-23-18-19-24(17-15-21-11-7-5-8-12-21)26(25(23)4-2)20-16-22-13-9-6-10-14-22/h3-14,18-19H,1-2H2. The molecule has 0 atom stereocenters. The molecule has 0 aliphatic rings. The molecule has 0 heteroatoms. The van der Waals surface area contributed by atoms with E-state index in [1.54, 1.807) is 0 Å². The van der Waals surface area contributed by atoms with Crippen LogP contribution in [0.25, 0.3) is 12.2 Å². The summed E-state index contributed by atoms with van der Waals surface area (Å²) in [7, 11) is 0. The zero-order valence-electron chi connectivity index (χ0n) is 14.5. The Labute approximate surface area is 155 Å². The summed E-state index contributed by atoms with van der Waals surface area (Å²) in [6, 6.07) is 23.9. The van der Waals surface area contributed by atoms with Crippen LogP contribution in [0.3, 0.4) is 0 Å². The lowest BCUT2D eigenvalue weighted by Gasteiger charge is -2.07. The van der Waals surface area contributed by atoms with Crippen LogP contribution in [-0.4, -0.2) is 0 Å². The van der Waals surface area contributed by atoms with E-state index in [1.165, 1.54) is 0 Å². The van der Waals surface area contributed by atoms with Gasteiger partial charge in [0.1, 0.15) is 0 Å². The van der Waals surface area contributed by atoms with E-state index in [9.17, 15) is 0 Å². The second-order valence-corrected chi connectivity index (χ2v) is 5.63. The molecule has 122 valence electrons. The Bertz CT molecular complexity index is 1050. The molecule has 0 saturated carbocycles. The minimum atomic E-state index is 0.879. The number of rotatable bonds is 2. The first-order valence-corrected chi connectivity index (χ1v) is 8.38. The summed E-state index contributed by atoms with van der Waals surface area (Å²) in [5.41, 5.74) is 5.67. The van der Waals surface area contributed by atoms with Crippen LogP contribution in [0, 0.1) is 23.7 Å². The van der Waals surface area contributed by atoms with Crippen molar-refractivity contribution in [2.75, 3.05) is 0 Å². The number of hydrogen-bond acceptors (Lipinski definition) is 0. The van der Waals surface area contributed by atoms with Crippen LogP contribution < -0.4 is 0 Å². The normalized spacial score (nSPS) is 9.23. The fourth-order valence-corrected chi connectivity index (χ4v) is 2.59. The summed E-state index contributed by atoms with van der Waals surface area (Å²) in [4.78, 5) is 0. The number of benzene rings is 3. The molecular formula is C26H18. The molecule has 26 heavy (non-hydrogen) atoms. The van der Waals surface area contributed by atoms with Gasteiger partial charge in [-0.25, -0.2) is 0 Å². The van der Waals surface area contributed by atoms with Gasteiger partial charge in [0.25, 0.3) is 0 Å². The molecule has 0 aromatic heterocycles. The van der Waals surface area contributed by atoms with Crippen molar-refractivity contribution in [1.29, 1.82) is 0 Å². The van der Waals surface area contributed by atoms with Crippen molar-refractivity contribution in [3.63, 3.8) is 0 Å². The summed E-state index contributed by atoms with van der Waals surface area (Å²) < 4.78 is 0. The first-order chi connectivity index (χ1) is 12.8. The lowest BCUT2D eigenvalue weighted by Crippen LogP contribution is -1.93. The zero-order valence-corrected chi connectivity index (χ0v) is 14.5. The summed E-state index contributed by atoms with van der Waals surface area (Å²) in [5, 5.41) is 0. The third-order valence-electron chi connectivity index (χ3n) is 3.92. The van der Waals surface area contributed by atoms with Crippen LogP contribution in [-0.2, 0) is 0 Å². The highest BCUT2D eigenvalue weighted by atomic mass is 14.1. The average molecular weight is 330 g/mol. The van der Waals surface area contributed by atoms with E-state index >= 15 is 0 Å². The van der Waals surface area contributed by atoms with Crippen LogP contribution in [0.2, 0.25) is 0 Å². The van der Waals surface area contributed by atoms with Gasteiger partial charge in [-0.1, -0.05) is 91.5 Å². The van der Waals surface area contributed by atoms with Gasteiger partial charge in [-0.05, 0) is 41.5 Å². The van der Waals surface area contributed by atoms with Gasteiger partial charge in [0.15, 0.2) is 0 Å². The lowest BCUT2D eigenvalue weighted by molar-refractivity contribution is 1.52. The van der Waals surface area contributed by atoms with E-state index in [4.69, 9.17) is 0 Å². The van der Waals surface area contributed by atoms with Crippen LogP contribution in [0.1, 0.15) is 33.4 Å². The Balaban J connectivity index is 2.13. The maximum Gasteiger partial charge on any atom is 0.0483 e. The van der Waals surface area contributed by atoms with E-state index in [-0.39, 0.29) is 0 Å². The summed E-state index contributed by atoms with van der Waals surface area (Å²) in [6.07, 6.45) is 3.64. The van der Waals surface area contributed by atoms with E-state index in [1.807, 2.05) is 84.9 Å². The molecule has 0 aliphatic heterocycles. The minimum absolute atomic E-state index is 0.879. The van der Waals surface area contributed by atoms with Crippen LogP contribution in [0.15, 0.2) is 86.0 Å². The van der Waals surface area contributed by atoms with Crippen LogP contribution in [0.4, 0.5) is 0 Å². The topological polar surface area (TPSA) is 0 Å². The predicted octanol–water partition coefficient (Wildman–Crippen LogP) is 5.77. The van der Waals surface area contributed by atoms with E-state index in [0.29, 0.717) is 0 Å². The van der Waals surface area contributed by atoms with Crippen molar-refractivity contribution in [3.05, 3.63) is 119 Å². The number of hydrogen-bond donors (Lipinski definition) is 0. The van der Waals surface area contributed by atoms with Gasteiger partial charge in [0, 0.05) is 22.3 Å². The largest absolute Gasteiger partial charge is 0.0984 e. The highest BCUT2D eigenvalue weighted by Crippen LogP contribution is 2.21. The average Bonchev–Trinajstić information content (AvgIpc) is 2.71. The zero-order chi connectivity index (χ0) is 18.2. The molecular weight excluding hydrogens is 312 g/mol. The smallest absolute Gasteiger partial charge is 0.0483 e. The van der Waals surface area contributed by atoms with Gasteiger partial charge in [0.05, 0.1) is 0 Å². The van der Waals surface area contributed by atoms with Crippen molar-refractivity contribution in [1.82, 2.24) is 0 Å². The Hall–Kier alpha value is -3.74. The molecule has 0 radical (unpaired) electrons. The summed E-state index contributed by atoms with van der Waals surface area (Å²) in [6.45, 7) is 7.84. The Kier molecular flexibility index (Phi) is 5.51. The molecule has 3 aromatic carbocycles. The minimum Gasteiger partial charge on any atom is -0.0984 e. The predicted molar refractivity (Wildman–Crippen MR) is 111 cm³/mol. The van der Waals surface area contributed by atoms with Crippen molar-refractivity contribution in [2.45, 2.75) is 0 Å². The molecule has 0 fully saturated rings. The van der Waals surface area contributed by atoms with Gasteiger partial charge in [-0.3, -0.25) is 0 Å². The first-order valence-electron chi connectivity index (χ1n) is 8.38. The molecule has 0 N–H and O–H groups in total. The highest BCUT2D eigenvalue weighted by Gasteiger charge is 2.06. The molecule has 0 aliphatic carbocycles. The summed E-state index contributed by atoms with van der Waals surface area (Å²) >= 11 is 0. The molecule has 0 saturated heterocycles. The first kappa shape index (κ1) is 17.1. The monoisotopic (exact) mass is 330 g/mol. The van der Waals surface area contributed by atoms with Gasteiger partial charge >= 0.3 is 0 Å². The van der Waals surface area contributed by atoms with Crippen molar-refractivity contribution < 1.29 is 0 Å². The quantitative estimate of drug-likeness (QED) is 0.523. The molecule has 0 nitrogen and oxygen atoms in total. The van der Waals surface area contributed by atoms with E-state index in [0.717, 1.165) is 33.4 Å². The SMILES string of the molecule is C=Cc1ccc(C#Cc2ccccc2)c(C#Cc2ccccc2)c1C=C. The molecule has 0 bridgehead atoms. The van der Waals surface area contributed by atoms with Crippen LogP contribution in [0.5, 0.6) is 0 Å². The van der Waals surface area contributed by atoms with Gasteiger partial charge in [0.2, 0.25) is 0 Å². The van der Waals surface area contributed by atoms with E-state index in [2.05, 4.69) is 36.8 Å². The van der Waals surface area contributed by atoms with Crippen LogP contribution >= 0.6 is 0 Å². The van der Waals surface area contributed by atoms with Gasteiger partial charge < -0.3 is 0 Å². The Morgan fingerprint density at radius 3 is 1.69 bits per heavy atom. The van der Waals surface area contributed by atoms with Gasteiger partial charge in [-0.2, -0.15) is 0 Å². The lowest BCUT2D eigenvalue weighted by atomic mass is 9.95. The molecule has 3 rings (SSSR count). The van der Waals surface area contributed by atoms with Crippen molar-refractivity contribution in [3.8, 4) is 23.7 Å². The Morgan fingerprint density at radius 1 is 0.577 bits per heavy atom. The fourth-order valence-electron chi connectivity index (χ4n) is 2.59. The maximum atomic E-state index is 3.95.